The monoisotopic (exact) mass is 289 g/mol. The zero-order chi connectivity index (χ0) is 12.4. The molecule has 0 saturated heterocycles. The molecule has 0 aliphatic carbocycles. The van der Waals surface area contributed by atoms with Crippen LogP contribution in [0.25, 0.3) is 11.4 Å². The number of aryl methyl sites for hydroxylation is 1. The van der Waals surface area contributed by atoms with E-state index in [4.69, 9.17) is 5.26 Å². The van der Waals surface area contributed by atoms with Gasteiger partial charge in [0.2, 0.25) is 0 Å². The van der Waals surface area contributed by atoms with Gasteiger partial charge in [-0.15, -0.1) is 0 Å². The van der Waals surface area contributed by atoms with E-state index in [0.29, 0.717) is 0 Å². The zero-order valence-corrected chi connectivity index (χ0v) is 11.3. The van der Waals surface area contributed by atoms with Crippen LogP contribution in [0, 0.1) is 18.3 Å². The summed E-state index contributed by atoms with van der Waals surface area (Å²) in [5.74, 6) is 0.823. The highest BCUT2D eigenvalue weighted by molar-refractivity contribution is 9.10. The number of aromatic nitrogens is 2. The molecule has 0 spiro atoms. The Kier molecular flexibility index (Phi) is 3.30. The van der Waals surface area contributed by atoms with Crippen LogP contribution in [0.3, 0.4) is 0 Å². The molecule has 1 heterocycles. The Balaban J connectivity index is 2.63. The van der Waals surface area contributed by atoms with Crippen LogP contribution in [0.2, 0.25) is 0 Å². The van der Waals surface area contributed by atoms with Crippen LogP contribution in [0.4, 0.5) is 0 Å². The molecule has 3 nitrogen and oxygen atoms in total. The lowest BCUT2D eigenvalue weighted by Crippen LogP contribution is -2.05. The standard InChI is InChI=1S/C13H12BrN3/c1-9(8-15)17-12(14)10(2)16-13(17)11-6-4-3-5-7-11/h3-7,9H,1-2H3. The minimum Gasteiger partial charge on any atom is -0.302 e. The second-order valence-corrected chi connectivity index (χ2v) is 4.60. The topological polar surface area (TPSA) is 41.6 Å². The molecule has 1 unspecified atom stereocenters. The second-order valence-electron chi connectivity index (χ2n) is 3.85. The Hall–Kier alpha value is -1.60. The van der Waals surface area contributed by atoms with E-state index in [1.165, 1.54) is 0 Å². The van der Waals surface area contributed by atoms with Gasteiger partial charge in [0.15, 0.2) is 0 Å². The zero-order valence-electron chi connectivity index (χ0n) is 9.68. The maximum absolute atomic E-state index is 9.07. The Labute approximate surface area is 109 Å². The molecule has 86 valence electrons. The maximum Gasteiger partial charge on any atom is 0.142 e. The fourth-order valence-corrected chi connectivity index (χ4v) is 2.29. The van der Waals surface area contributed by atoms with E-state index in [0.717, 1.165) is 21.7 Å². The van der Waals surface area contributed by atoms with Crippen molar-refractivity contribution in [3.63, 3.8) is 0 Å². The van der Waals surface area contributed by atoms with Crippen molar-refractivity contribution in [3.8, 4) is 17.5 Å². The Bertz CT molecular complexity index is 566. The van der Waals surface area contributed by atoms with Gasteiger partial charge >= 0.3 is 0 Å². The molecule has 1 atom stereocenters. The van der Waals surface area contributed by atoms with Crippen molar-refractivity contribution in [2.75, 3.05) is 0 Å². The van der Waals surface area contributed by atoms with Crippen LogP contribution >= 0.6 is 15.9 Å². The van der Waals surface area contributed by atoms with E-state index in [2.05, 4.69) is 27.0 Å². The van der Waals surface area contributed by atoms with Gasteiger partial charge in [0.1, 0.15) is 16.5 Å². The largest absolute Gasteiger partial charge is 0.302 e. The Morgan fingerprint density at radius 2 is 2.00 bits per heavy atom. The Morgan fingerprint density at radius 1 is 1.35 bits per heavy atom. The van der Waals surface area contributed by atoms with Crippen LogP contribution in [-0.2, 0) is 0 Å². The van der Waals surface area contributed by atoms with Crippen molar-refractivity contribution < 1.29 is 0 Å². The third-order valence-electron chi connectivity index (χ3n) is 2.62. The first-order valence-electron chi connectivity index (χ1n) is 5.34. The molecular formula is C13H12BrN3. The maximum atomic E-state index is 9.07. The predicted molar refractivity (Wildman–Crippen MR) is 70.4 cm³/mol. The van der Waals surface area contributed by atoms with E-state index in [-0.39, 0.29) is 6.04 Å². The molecule has 0 aliphatic heterocycles. The van der Waals surface area contributed by atoms with E-state index in [1.54, 1.807) is 0 Å². The fraction of sp³-hybridized carbons (Fsp3) is 0.231. The molecule has 17 heavy (non-hydrogen) atoms. The van der Waals surface area contributed by atoms with Gasteiger partial charge in [-0.25, -0.2) is 4.98 Å². The lowest BCUT2D eigenvalue weighted by atomic mass is 10.2. The summed E-state index contributed by atoms with van der Waals surface area (Å²) in [4.78, 5) is 4.51. The van der Waals surface area contributed by atoms with Crippen LogP contribution in [0.1, 0.15) is 18.7 Å². The fourth-order valence-electron chi connectivity index (χ4n) is 1.73. The number of benzene rings is 1. The number of imidazole rings is 1. The highest BCUT2D eigenvalue weighted by Gasteiger charge is 2.17. The molecule has 1 aromatic heterocycles. The number of halogens is 1. The van der Waals surface area contributed by atoms with E-state index >= 15 is 0 Å². The normalized spacial score (nSPS) is 12.1. The number of hydrogen-bond acceptors (Lipinski definition) is 2. The Morgan fingerprint density at radius 3 is 2.59 bits per heavy atom. The van der Waals surface area contributed by atoms with Crippen LogP contribution < -0.4 is 0 Å². The van der Waals surface area contributed by atoms with Crippen LogP contribution in [0.5, 0.6) is 0 Å². The minimum atomic E-state index is -0.249. The molecule has 0 aliphatic rings. The van der Waals surface area contributed by atoms with Gasteiger partial charge in [0.05, 0.1) is 11.8 Å². The molecule has 0 amide bonds. The average molecular weight is 290 g/mol. The molecule has 0 fully saturated rings. The first kappa shape index (κ1) is 11.9. The summed E-state index contributed by atoms with van der Waals surface area (Å²) in [5, 5.41) is 9.07. The van der Waals surface area contributed by atoms with E-state index in [9.17, 15) is 0 Å². The molecule has 2 aromatic rings. The molecule has 2 rings (SSSR count). The number of hydrogen-bond donors (Lipinski definition) is 0. The summed E-state index contributed by atoms with van der Waals surface area (Å²) in [7, 11) is 0. The summed E-state index contributed by atoms with van der Waals surface area (Å²) in [6, 6.07) is 11.9. The smallest absolute Gasteiger partial charge is 0.142 e. The molecule has 0 bridgehead atoms. The average Bonchev–Trinajstić information content (AvgIpc) is 2.66. The third-order valence-corrected chi connectivity index (χ3v) is 3.57. The quantitative estimate of drug-likeness (QED) is 0.846. The summed E-state index contributed by atoms with van der Waals surface area (Å²) in [6.07, 6.45) is 0. The first-order valence-corrected chi connectivity index (χ1v) is 6.13. The van der Waals surface area contributed by atoms with Crippen molar-refractivity contribution in [1.82, 2.24) is 9.55 Å². The molecule has 0 N–H and O–H groups in total. The lowest BCUT2D eigenvalue weighted by molar-refractivity contribution is 0.666. The summed E-state index contributed by atoms with van der Waals surface area (Å²) in [6.45, 7) is 3.79. The van der Waals surface area contributed by atoms with Crippen molar-refractivity contribution in [2.45, 2.75) is 19.9 Å². The summed E-state index contributed by atoms with van der Waals surface area (Å²) >= 11 is 3.49. The van der Waals surface area contributed by atoms with E-state index < -0.39 is 0 Å². The van der Waals surface area contributed by atoms with Gasteiger partial charge in [0.25, 0.3) is 0 Å². The minimum absolute atomic E-state index is 0.249. The van der Waals surface area contributed by atoms with E-state index in [1.807, 2.05) is 48.7 Å². The van der Waals surface area contributed by atoms with Crippen molar-refractivity contribution in [3.05, 3.63) is 40.6 Å². The SMILES string of the molecule is Cc1nc(-c2ccccc2)n(C(C)C#N)c1Br. The van der Waals surface area contributed by atoms with Gasteiger partial charge in [-0.05, 0) is 29.8 Å². The molecular weight excluding hydrogens is 278 g/mol. The van der Waals surface area contributed by atoms with Gasteiger partial charge < -0.3 is 4.57 Å². The number of nitriles is 1. The highest BCUT2D eigenvalue weighted by Crippen LogP contribution is 2.29. The second kappa shape index (κ2) is 4.72. The summed E-state index contributed by atoms with van der Waals surface area (Å²) < 4.78 is 2.77. The first-order chi connectivity index (χ1) is 8.15. The number of rotatable bonds is 2. The van der Waals surface area contributed by atoms with Crippen molar-refractivity contribution in [1.29, 1.82) is 5.26 Å². The van der Waals surface area contributed by atoms with Gasteiger partial charge in [-0.2, -0.15) is 5.26 Å². The summed E-state index contributed by atoms with van der Waals surface area (Å²) in [5.41, 5.74) is 1.91. The van der Waals surface area contributed by atoms with Gasteiger partial charge in [-0.1, -0.05) is 30.3 Å². The van der Waals surface area contributed by atoms with Crippen molar-refractivity contribution in [2.24, 2.45) is 0 Å². The number of nitrogens with zero attached hydrogens (tertiary/aromatic N) is 3. The predicted octanol–water partition coefficient (Wildman–Crippen LogP) is 3.71. The van der Waals surface area contributed by atoms with Crippen LogP contribution in [0.15, 0.2) is 34.9 Å². The molecule has 4 heteroatoms. The lowest BCUT2D eigenvalue weighted by Gasteiger charge is -2.10. The molecule has 0 saturated carbocycles. The highest BCUT2D eigenvalue weighted by atomic mass is 79.9. The van der Waals surface area contributed by atoms with Gasteiger partial charge in [0, 0.05) is 5.56 Å². The molecule has 1 aromatic carbocycles. The molecule has 0 radical (unpaired) electrons. The van der Waals surface area contributed by atoms with Gasteiger partial charge in [-0.3, -0.25) is 0 Å². The van der Waals surface area contributed by atoms with Crippen LogP contribution in [-0.4, -0.2) is 9.55 Å². The third kappa shape index (κ3) is 2.11. The van der Waals surface area contributed by atoms with Crippen molar-refractivity contribution >= 4 is 15.9 Å².